The minimum atomic E-state index is 0.164. The Kier molecular flexibility index (Phi) is 3.25. The van der Waals surface area contributed by atoms with Crippen molar-refractivity contribution in [3.63, 3.8) is 0 Å². The third-order valence-electron chi connectivity index (χ3n) is 3.86. The smallest absolute Gasteiger partial charge is 0.222 e. The van der Waals surface area contributed by atoms with E-state index in [2.05, 4.69) is 17.1 Å². The monoisotopic (exact) mass is 257 g/mol. The number of benzene rings is 1. The number of aromatic nitrogens is 1. The molecule has 1 saturated heterocycles. The molecule has 0 bridgehead atoms. The number of nitrogens with one attached hydrogen (secondary N) is 1. The zero-order valence-corrected chi connectivity index (χ0v) is 10.9. The SMILES string of the molecule is N[C@@H]1CCN(C(=O)CCc2c[nH]c3ccccc23)C1. The van der Waals surface area contributed by atoms with Gasteiger partial charge in [-0.15, -0.1) is 0 Å². The lowest BCUT2D eigenvalue weighted by molar-refractivity contribution is -0.130. The van der Waals surface area contributed by atoms with Gasteiger partial charge in [0.1, 0.15) is 0 Å². The molecule has 1 aliphatic rings. The summed E-state index contributed by atoms with van der Waals surface area (Å²) in [5.41, 5.74) is 8.18. The van der Waals surface area contributed by atoms with Gasteiger partial charge in [-0.3, -0.25) is 4.79 Å². The van der Waals surface area contributed by atoms with Crippen LogP contribution in [0.5, 0.6) is 0 Å². The molecule has 1 amide bonds. The average Bonchev–Trinajstić information content (AvgIpc) is 3.02. The van der Waals surface area contributed by atoms with Gasteiger partial charge in [-0.05, 0) is 24.5 Å². The first-order chi connectivity index (χ1) is 9.24. The number of nitrogens with zero attached hydrogens (tertiary/aromatic N) is 1. The van der Waals surface area contributed by atoms with Crippen LogP contribution in [0.25, 0.3) is 10.9 Å². The molecule has 100 valence electrons. The zero-order chi connectivity index (χ0) is 13.2. The molecular weight excluding hydrogens is 238 g/mol. The average molecular weight is 257 g/mol. The van der Waals surface area contributed by atoms with E-state index in [4.69, 9.17) is 5.73 Å². The fourth-order valence-electron chi connectivity index (χ4n) is 2.75. The van der Waals surface area contributed by atoms with Crippen LogP contribution in [0.15, 0.2) is 30.5 Å². The van der Waals surface area contributed by atoms with E-state index in [1.54, 1.807) is 0 Å². The molecule has 2 aromatic rings. The number of rotatable bonds is 3. The number of amides is 1. The Balaban J connectivity index is 1.64. The summed E-state index contributed by atoms with van der Waals surface area (Å²) in [6.45, 7) is 1.53. The van der Waals surface area contributed by atoms with E-state index in [-0.39, 0.29) is 11.9 Å². The number of aromatic amines is 1. The molecule has 4 nitrogen and oxygen atoms in total. The number of fused-ring (bicyclic) bond motifs is 1. The van der Waals surface area contributed by atoms with Crippen molar-refractivity contribution in [2.75, 3.05) is 13.1 Å². The van der Waals surface area contributed by atoms with Crippen LogP contribution in [0, 0.1) is 0 Å². The van der Waals surface area contributed by atoms with Gasteiger partial charge in [0.2, 0.25) is 5.91 Å². The summed E-state index contributed by atoms with van der Waals surface area (Å²) in [5.74, 6) is 0.221. The molecule has 1 aromatic heterocycles. The summed E-state index contributed by atoms with van der Waals surface area (Å²) >= 11 is 0. The van der Waals surface area contributed by atoms with Crippen LogP contribution in [0.4, 0.5) is 0 Å². The van der Waals surface area contributed by atoms with Crippen molar-refractivity contribution in [2.24, 2.45) is 5.73 Å². The number of hydrogen-bond donors (Lipinski definition) is 2. The molecule has 4 heteroatoms. The Hall–Kier alpha value is -1.81. The molecule has 0 radical (unpaired) electrons. The number of carbonyl (C=O) groups excluding carboxylic acids is 1. The van der Waals surface area contributed by atoms with Gasteiger partial charge in [0, 0.05) is 42.7 Å². The number of hydrogen-bond acceptors (Lipinski definition) is 2. The summed E-state index contributed by atoms with van der Waals surface area (Å²) in [4.78, 5) is 17.2. The second-order valence-electron chi connectivity index (χ2n) is 5.25. The lowest BCUT2D eigenvalue weighted by Crippen LogP contribution is -2.31. The highest BCUT2D eigenvalue weighted by atomic mass is 16.2. The molecule has 2 heterocycles. The van der Waals surface area contributed by atoms with Crippen LogP contribution in [0.3, 0.4) is 0 Å². The van der Waals surface area contributed by atoms with Crippen LogP contribution < -0.4 is 5.73 Å². The van der Waals surface area contributed by atoms with E-state index in [0.29, 0.717) is 13.0 Å². The molecular formula is C15H19N3O. The van der Waals surface area contributed by atoms with Crippen LogP contribution in [0.2, 0.25) is 0 Å². The van der Waals surface area contributed by atoms with Gasteiger partial charge < -0.3 is 15.6 Å². The highest BCUT2D eigenvalue weighted by Crippen LogP contribution is 2.19. The van der Waals surface area contributed by atoms with E-state index < -0.39 is 0 Å². The summed E-state index contributed by atoms with van der Waals surface area (Å²) in [7, 11) is 0. The fraction of sp³-hybridized carbons (Fsp3) is 0.400. The molecule has 1 atom stereocenters. The van der Waals surface area contributed by atoms with E-state index in [9.17, 15) is 4.79 Å². The highest BCUT2D eigenvalue weighted by molar-refractivity contribution is 5.84. The second-order valence-corrected chi connectivity index (χ2v) is 5.25. The number of nitrogens with two attached hydrogens (primary N) is 1. The number of H-pyrrole nitrogens is 1. The topological polar surface area (TPSA) is 62.1 Å². The number of carbonyl (C=O) groups is 1. The summed E-state index contributed by atoms with van der Waals surface area (Å²) in [6.07, 6.45) is 4.29. The standard InChI is InChI=1S/C15H19N3O/c16-12-7-8-18(10-12)15(19)6-5-11-9-17-14-4-2-1-3-13(11)14/h1-4,9,12,17H,5-8,10,16H2/t12-/m1/s1. The highest BCUT2D eigenvalue weighted by Gasteiger charge is 2.23. The van der Waals surface area contributed by atoms with Crippen molar-refractivity contribution in [3.8, 4) is 0 Å². The Morgan fingerprint density at radius 1 is 1.42 bits per heavy atom. The van der Waals surface area contributed by atoms with Crippen LogP contribution in [0.1, 0.15) is 18.4 Å². The molecule has 1 fully saturated rings. The zero-order valence-electron chi connectivity index (χ0n) is 10.9. The van der Waals surface area contributed by atoms with Gasteiger partial charge in [-0.2, -0.15) is 0 Å². The Bertz CT molecular complexity index is 590. The Morgan fingerprint density at radius 2 is 2.26 bits per heavy atom. The molecule has 19 heavy (non-hydrogen) atoms. The van der Waals surface area contributed by atoms with Crippen molar-refractivity contribution in [3.05, 3.63) is 36.0 Å². The third kappa shape index (κ3) is 2.49. The Labute approximate surface area is 112 Å². The summed E-state index contributed by atoms with van der Waals surface area (Å²) < 4.78 is 0. The van der Waals surface area contributed by atoms with Crippen LogP contribution in [-0.2, 0) is 11.2 Å². The predicted octanol–water partition coefficient (Wildman–Crippen LogP) is 1.66. The maximum atomic E-state index is 12.1. The van der Waals surface area contributed by atoms with Gasteiger partial charge in [-0.1, -0.05) is 18.2 Å². The van der Waals surface area contributed by atoms with Gasteiger partial charge in [0.15, 0.2) is 0 Å². The lowest BCUT2D eigenvalue weighted by atomic mass is 10.1. The van der Waals surface area contributed by atoms with E-state index in [0.717, 1.165) is 24.9 Å². The minimum absolute atomic E-state index is 0.164. The summed E-state index contributed by atoms with van der Waals surface area (Å²) in [6, 6.07) is 8.36. The first kappa shape index (κ1) is 12.2. The van der Waals surface area contributed by atoms with Crippen molar-refractivity contribution in [2.45, 2.75) is 25.3 Å². The first-order valence-electron chi connectivity index (χ1n) is 6.82. The fourth-order valence-corrected chi connectivity index (χ4v) is 2.75. The molecule has 1 aromatic carbocycles. The molecule has 0 spiro atoms. The quantitative estimate of drug-likeness (QED) is 0.878. The lowest BCUT2D eigenvalue weighted by Gasteiger charge is -2.15. The molecule has 0 unspecified atom stereocenters. The first-order valence-corrected chi connectivity index (χ1v) is 6.82. The minimum Gasteiger partial charge on any atom is -0.361 e. The van der Waals surface area contributed by atoms with Gasteiger partial charge >= 0.3 is 0 Å². The van der Waals surface area contributed by atoms with Gasteiger partial charge in [-0.25, -0.2) is 0 Å². The number of para-hydroxylation sites is 1. The molecule has 0 saturated carbocycles. The Morgan fingerprint density at radius 3 is 3.05 bits per heavy atom. The maximum absolute atomic E-state index is 12.1. The normalized spacial score (nSPS) is 19.2. The van der Waals surface area contributed by atoms with Crippen molar-refractivity contribution < 1.29 is 4.79 Å². The van der Waals surface area contributed by atoms with Gasteiger partial charge in [0.25, 0.3) is 0 Å². The summed E-state index contributed by atoms with van der Waals surface area (Å²) in [5, 5.41) is 1.22. The molecule has 3 N–H and O–H groups in total. The van der Waals surface area contributed by atoms with Crippen LogP contribution in [-0.4, -0.2) is 34.9 Å². The number of likely N-dealkylation sites (tertiary alicyclic amines) is 1. The molecule has 3 rings (SSSR count). The molecule has 1 aliphatic heterocycles. The van der Waals surface area contributed by atoms with E-state index in [1.807, 2.05) is 23.2 Å². The van der Waals surface area contributed by atoms with Crippen molar-refractivity contribution >= 4 is 16.8 Å². The van der Waals surface area contributed by atoms with E-state index >= 15 is 0 Å². The van der Waals surface area contributed by atoms with E-state index in [1.165, 1.54) is 10.9 Å². The largest absolute Gasteiger partial charge is 0.361 e. The predicted molar refractivity (Wildman–Crippen MR) is 75.8 cm³/mol. The van der Waals surface area contributed by atoms with Gasteiger partial charge in [0.05, 0.1) is 0 Å². The third-order valence-corrected chi connectivity index (χ3v) is 3.86. The number of aryl methyl sites for hydroxylation is 1. The second kappa shape index (κ2) is 5.05. The van der Waals surface area contributed by atoms with Crippen molar-refractivity contribution in [1.82, 2.24) is 9.88 Å². The van der Waals surface area contributed by atoms with Crippen molar-refractivity contribution in [1.29, 1.82) is 0 Å². The molecule has 0 aliphatic carbocycles. The van der Waals surface area contributed by atoms with Crippen LogP contribution >= 0.6 is 0 Å². The maximum Gasteiger partial charge on any atom is 0.222 e.